The van der Waals surface area contributed by atoms with Crippen molar-refractivity contribution in [3.05, 3.63) is 72.3 Å². The molecule has 0 saturated heterocycles. The predicted octanol–water partition coefficient (Wildman–Crippen LogP) is 5.65. The number of carboxylic acids is 1. The summed E-state index contributed by atoms with van der Waals surface area (Å²) in [4.78, 5) is 16.1. The SMILES string of the molecule is O=C(O)c1cc(-c2ccc3ccccc3c2)nc2ccc(OC(F)(F)F)cc12. The summed E-state index contributed by atoms with van der Waals surface area (Å²) < 4.78 is 41.3. The number of fused-ring (bicyclic) bond motifs is 2. The molecule has 0 unspecified atom stereocenters. The molecule has 28 heavy (non-hydrogen) atoms. The second-order valence-electron chi connectivity index (χ2n) is 6.15. The number of rotatable bonds is 3. The number of nitrogens with zero attached hydrogens (tertiary/aromatic N) is 1. The molecule has 7 heteroatoms. The lowest BCUT2D eigenvalue weighted by Crippen LogP contribution is -2.17. The molecule has 1 heterocycles. The monoisotopic (exact) mass is 383 g/mol. The zero-order valence-electron chi connectivity index (χ0n) is 14.2. The van der Waals surface area contributed by atoms with Crippen molar-refractivity contribution >= 4 is 27.6 Å². The largest absolute Gasteiger partial charge is 0.573 e. The van der Waals surface area contributed by atoms with Crippen molar-refractivity contribution in [1.82, 2.24) is 4.98 Å². The van der Waals surface area contributed by atoms with E-state index in [-0.39, 0.29) is 16.5 Å². The lowest BCUT2D eigenvalue weighted by Gasteiger charge is -2.12. The van der Waals surface area contributed by atoms with Crippen molar-refractivity contribution in [2.75, 3.05) is 0 Å². The fraction of sp³-hybridized carbons (Fsp3) is 0.0476. The maximum Gasteiger partial charge on any atom is 0.573 e. The highest BCUT2D eigenvalue weighted by Crippen LogP contribution is 2.31. The van der Waals surface area contributed by atoms with E-state index in [1.54, 1.807) is 0 Å². The third kappa shape index (κ3) is 3.46. The molecule has 0 atom stereocenters. The van der Waals surface area contributed by atoms with Crippen LogP contribution in [-0.2, 0) is 0 Å². The van der Waals surface area contributed by atoms with E-state index < -0.39 is 18.1 Å². The maximum atomic E-state index is 12.5. The lowest BCUT2D eigenvalue weighted by atomic mass is 10.0. The number of carboxylic acid groups (broad SMARTS) is 1. The van der Waals surface area contributed by atoms with E-state index in [1.165, 1.54) is 12.1 Å². The number of aromatic carboxylic acids is 1. The Balaban J connectivity index is 1.88. The van der Waals surface area contributed by atoms with Crippen LogP contribution < -0.4 is 4.74 Å². The van der Waals surface area contributed by atoms with Gasteiger partial charge >= 0.3 is 12.3 Å². The van der Waals surface area contributed by atoms with Gasteiger partial charge in [-0.05, 0) is 41.1 Å². The van der Waals surface area contributed by atoms with Gasteiger partial charge in [0.05, 0.1) is 16.8 Å². The van der Waals surface area contributed by atoms with Crippen LogP contribution in [0.2, 0.25) is 0 Å². The van der Waals surface area contributed by atoms with Gasteiger partial charge in [-0.2, -0.15) is 0 Å². The average molecular weight is 383 g/mol. The molecule has 0 spiro atoms. The molecule has 4 rings (SSSR count). The van der Waals surface area contributed by atoms with E-state index >= 15 is 0 Å². The molecule has 0 aliphatic rings. The summed E-state index contributed by atoms with van der Waals surface area (Å²) in [6, 6.07) is 18.1. The van der Waals surface area contributed by atoms with Gasteiger partial charge in [0.15, 0.2) is 0 Å². The van der Waals surface area contributed by atoms with Crippen LogP contribution in [0.5, 0.6) is 5.75 Å². The number of halogens is 3. The number of aromatic nitrogens is 1. The fourth-order valence-corrected chi connectivity index (χ4v) is 3.08. The summed E-state index contributed by atoms with van der Waals surface area (Å²) in [7, 11) is 0. The zero-order valence-corrected chi connectivity index (χ0v) is 14.2. The molecule has 4 nitrogen and oxygen atoms in total. The van der Waals surface area contributed by atoms with E-state index in [2.05, 4.69) is 9.72 Å². The van der Waals surface area contributed by atoms with Crippen molar-refractivity contribution in [3.63, 3.8) is 0 Å². The van der Waals surface area contributed by atoms with Gasteiger partial charge in [-0.1, -0.05) is 36.4 Å². The van der Waals surface area contributed by atoms with Crippen molar-refractivity contribution in [1.29, 1.82) is 0 Å². The summed E-state index contributed by atoms with van der Waals surface area (Å²) in [5.74, 6) is -1.76. The van der Waals surface area contributed by atoms with Crippen molar-refractivity contribution in [2.24, 2.45) is 0 Å². The van der Waals surface area contributed by atoms with Crippen molar-refractivity contribution in [2.45, 2.75) is 6.36 Å². The molecular weight excluding hydrogens is 371 g/mol. The van der Waals surface area contributed by atoms with Gasteiger partial charge in [-0.25, -0.2) is 9.78 Å². The van der Waals surface area contributed by atoms with Gasteiger partial charge in [0, 0.05) is 10.9 Å². The Morgan fingerprint density at radius 2 is 1.68 bits per heavy atom. The molecule has 4 aromatic rings. The summed E-state index contributed by atoms with van der Waals surface area (Å²) in [6.45, 7) is 0. The van der Waals surface area contributed by atoms with E-state index in [4.69, 9.17) is 0 Å². The Morgan fingerprint density at radius 3 is 2.39 bits per heavy atom. The van der Waals surface area contributed by atoms with Gasteiger partial charge < -0.3 is 9.84 Å². The quantitative estimate of drug-likeness (QED) is 0.497. The molecule has 0 aliphatic heterocycles. The number of pyridine rings is 1. The topological polar surface area (TPSA) is 59.4 Å². The summed E-state index contributed by atoms with van der Waals surface area (Å²) in [6.07, 6.45) is -4.87. The minimum absolute atomic E-state index is 0.0683. The van der Waals surface area contributed by atoms with E-state index in [1.807, 2.05) is 42.5 Å². The van der Waals surface area contributed by atoms with E-state index in [0.29, 0.717) is 11.3 Å². The van der Waals surface area contributed by atoms with Gasteiger partial charge in [0.1, 0.15) is 5.75 Å². The predicted molar refractivity (Wildman–Crippen MR) is 98.3 cm³/mol. The normalized spacial score (nSPS) is 11.7. The number of benzene rings is 3. The molecule has 0 bridgehead atoms. The Kier molecular flexibility index (Phi) is 4.15. The molecule has 0 saturated carbocycles. The molecule has 1 aromatic heterocycles. The Morgan fingerprint density at radius 1 is 0.929 bits per heavy atom. The molecule has 0 radical (unpaired) electrons. The number of ether oxygens (including phenoxy) is 1. The van der Waals surface area contributed by atoms with Gasteiger partial charge in [0.2, 0.25) is 0 Å². The van der Waals surface area contributed by atoms with Gasteiger partial charge in [-0.15, -0.1) is 13.2 Å². The maximum absolute atomic E-state index is 12.5. The minimum atomic E-state index is -4.87. The Labute approximate surface area is 156 Å². The molecule has 140 valence electrons. The highest BCUT2D eigenvalue weighted by atomic mass is 19.4. The first kappa shape index (κ1) is 17.8. The number of carbonyl (C=O) groups is 1. The van der Waals surface area contributed by atoms with Crippen molar-refractivity contribution < 1.29 is 27.8 Å². The lowest BCUT2D eigenvalue weighted by molar-refractivity contribution is -0.274. The summed E-state index contributed by atoms with van der Waals surface area (Å²) >= 11 is 0. The Hall–Kier alpha value is -3.61. The highest BCUT2D eigenvalue weighted by Gasteiger charge is 2.31. The Bertz CT molecular complexity index is 1220. The van der Waals surface area contributed by atoms with Crippen LogP contribution in [0.4, 0.5) is 13.2 Å². The molecule has 0 fully saturated rings. The molecule has 1 N–H and O–H groups in total. The minimum Gasteiger partial charge on any atom is -0.478 e. The first-order valence-corrected chi connectivity index (χ1v) is 8.23. The first-order chi connectivity index (χ1) is 13.3. The van der Waals surface area contributed by atoms with Crippen LogP contribution in [0.3, 0.4) is 0 Å². The van der Waals surface area contributed by atoms with Crippen LogP contribution in [0.25, 0.3) is 32.9 Å². The third-order valence-electron chi connectivity index (χ3n) is 4.29. The second kappa shape index (κ2) is 6.53. The number of alkyl halides is 3. The van der Waals surface area contributed by atoms with Crippen LogP contribution in [0.1, 0.15) is 10.4 Å². The van der Waals surface area contributed by atoms with Crippen LogP contribution in [0.15, 0.2) is 66.7 Å². The molecule has 0 amide bonds. The van der Waals surface area contributed by atoms with Crippen LogP contribution in [0, 0.1) is 0 Å². The van der Waals surface area contributed by atoms with E-state index in [0.717, 1.165) is 22.9 Å². The number of hydrogen-bond acceptors (Lipinski definition) is 3. The fourth-order valence-electron chi connectivity index (χ4n) is 3.08. The standard InChI is InChI=1S/C21H12F3NO3/c22-21(23,24)28-15-7-8-18-16(10-15)17(20(26)27)11-19(25-18)14-6-5-12-3-1-2-4-13(12)9-14/h1-11H,(H,26,27). The van der Waals surface area contributed by atoms with Gasteiger partial charge in [-0.3, -0.25) is 0 Å². The van der Waals surface area contributed by atoms with Crippen LogP contribution in [-0.4, -0.2) is 22.4 Å². The zero-order chi connectivity index (χ0) is 19.9. The summed E-state index contributed by atoms with van der Waals surface area (Å²) in [5.41, 5.74) is 1.23. The van der Waals surface area contributed by atoms with E-state index in [9.17, 15) is 23.1 Å². The van der Waals surface area contributed by atoms with Crippen molar-refractivity contribution in [3.8, 4) is 17.0 Å². The smallest absolute Gasteiger partial charge is 0.478 e. The highest BCUT2D eigenvalue weighted by molar-refractivity contribution is 6.04. The van der Waals surface area contributed by atoms with Gasteiger partial charge in [0.25, 0.3) is 0 Å². The molecular formula is C21H12F3NO3. The number of hydrogen-bond donors (Lipinski definition) is 1. The summed E-state index contributed by atoms with van der Waals surface area (Å²) in [5, 5.41) is 11.6. The first-order valence-electron chi connectivity index (χ1n) is 8.23. The van der Waals surface area contributed by atoms with Crippen LogP contribution >= 0.6 is 0 Å². The second-order valence-corrected chi connectivity index (χ2v) is 6.15. The third-order valence-corrected chi connectivity index (χ3v) is 4.29. The average Bonchev–Trinajstić information content (AvgIpc) is 2.65. The molecule has 0 aliphatic carbocycles. The molecule has 3 aromatic carbocycles.